The van der Waals surface area contributed by atoms with Gasteiger partial charge in [-0.2, -0.15) is 0 Å². The second-order valence-electron chi connectivity index (χ2n) is 4.95. The molecule has 0 saturated heterocycles. The third kappa shape index (κ3) is 3.88. The lowest BCUT2D eigenvalue weighted by molar-refractivity contribution is 0.0688. The van der Waals surface area contributed by atoms with Crippen molar-refractivity contribution in [2.45, 2.75) is 6.42 Å². The van der Waals surface area contributed by atoms with Crippen LogP contribution < -0.4 is 5.32 Å². The number of carbonyl (C=O) groups is 1. The van der Waals surface area contributed by atoms with Crippen LogP contribution in [-0.4, -0.2) is 43.9 Å². The number of hydrogen-bond donors (Lipinski definition) is 1. The first-order valence-electron chi connectivity index (χ1n) is 7.24. The zero-order valence-corrected chi connectivity index (χ0v) is 14.5. The van der Waals surface area contributed by atoms with Crippen LogP contribution in [0.2, 0.25) is 0 Å². The molecule has 0 aliphatic heterocycles. The molecule has 5 nitrogen and oxygen atoms in total. The fourth-order valence-corrected chi connectivity index (χ4v) is 3.08. The van der Waals surface area contributed by atoms with Gasteiger partial charge >= 0.3 is 0 Å². The van der Waals surface area contributed by atoms with Crippen molar-refractivity contribution in [3.05, 3.63) is 34.4 Å². The highest BCUT2D eigenvalue weighted by molar-refractivity contribution is 9.10. The summed E-state index contributed by atoms with van der Waals surface area (Å²) in [5, 5.41) is 3.97. The van der Waals surface area contributed by atoms with E-state index in [1.807, 2.05) is 35.9 Å². The molecule has 1 N–H and O–H groups in total. The molecule has 1 aromatic heterocycles. The van der Waals surface area contributed by atoms with Crippen LogP contribution in [0, 0.1) is 0 Å². The fraction of sp³-hybridized carbons (Fsp3) is 0.438. The first kappa shape index (κ1) is 17.0. The van der Waals surface area contributed by atoms with Gasteiger partial charge in [-0.15, -0.1) is 0 Å². The summed E-state index contributed by atoms with van der Waals surface area (Å²) in [5.41, 5.74) is 1.67. The lowest BCUT2D eigenvalue weighted by atomic mass is 10.2. The Labute approximate surface area is 138 Å². The average molecular weight is 369 g/mol. The van der Waals surface area contributed by atoms with Crippen LogP contribution in [-0.2, 0) is 16.5 Å². The quantitative estimate of drug-likeness (QED) is 0.728. The summed E-state index contributed by atoms with van der Waals surface area (Å²) >= 11 is 3.53. The van der Waals surface area contributed by atoms with E-state index < -0.39 is 0 Å². The Morgan fingerprint density at radius 1 is 1.27 bits per heavy atom. The van der Waals surface area contributed by atoms with Crippen molar-refractivity contribution in [1.82, 2.24) is 9.88 Å². The Morgan fingerprint density at radius 2 is 2.05 bits per heavy atom. The minimum atomic E-state index is -0.0810. The van der Waals surface area contributed by atoms with Crippen molar-refractivity contribution in [2.24, 2.45) is 7.05 Å². The minimum absolute atomic E-state index is 0.0810. The monoisotopic (exact) mass is 368 g/mol. The van der Waals surface area contributed by atoms with Crippen molar-refractivity contribution >= 4 is 32.7 Å². The molecule has 2 rings (SSSR count). The molecule has 0 radical (unpaired) electrons. The van der Waals surface area contributed by atoms with E-state index in [2.05, 4.69) is 21.2 Å². The van der Waals surface area contributed by atoms with E-state index in [-0.39, 0.29) is 5.91 Å². The van der Waals surface area contributed by atoms with Gasteiger partial charge < -0.3 is 19.4 Å². The van der Waals surface area contributed by atoms with Crippen LogP contribution in [0.1, 0.15) is 16.9 Å². The maximum Gasteiger partial charge on any atom is 0.269 e. The Kier molecular flexibility index (Phi) is 6.42. The molecule has 1 amide bonds. The van der Waals surface area contributed by atoms with Crippen molar-refractivity contribution < 1.29 is 14.3 Å². The molecule has 120 valence electrons. The summed E-state index contributed by atoms with van der Waals surface area (Å²) < 4.78 is 13.0. The molecule has 1 heterocycles. The topological polar surface area (TPSA) is 52.5 Å². The number of benzene rings is 1. The molecule has 0 unspecified atom stereocenters. The number of nitrogens with zero attached hydrogens (tertiary/aromatic N) is 1. The molecule has 0 fully saturated rings. The van der Waals surface area contributed by atoms with Crippen molar-refractivity contribution in [1.29, 1.82) is 0 Å². The van der Waals surface area contributed by atoms with Gasteiger partial charge in [-0.1, -0.05) is 18.2 Å². The number of fused-ring (bicyclic) bond motifs is 1. The highest BCUT2D eigenvalue weighted by Crippen LogP contribution is 2.29. The van der Waals surface area contributed by atoms with E-state index in [4.69, 9.17) is 9.47 Å². The molecule has 0 aliphatic carbocycles. The van der Waals surface area contributed by atoms with Crippen molar-refractivity contribution in [2.75, 3.05) is 33.5 Å². The zero-order valence-electron chi connectivity index (χ0n) is 12.9. The molecule has 0 bridgehead atoms. The van der Waals surface area contributed by atoms with Crippen LogP contribution in [0.4, 0.5) is 0 Å². The molecule has 22 heavy (non-hydrogen) atoms. The summed E-state index contributed by atoms with van der Waals surface area (Å²) in [6.07, 6.45) is 0.775. The molecule has 1 aromatic carbocycles. The van der Waals surface area contributed by atoms with Gasteiger partial charge in [-0.25, -0.2) is 0 Å². The van der Waals surface area contributed by atoms with Crippen LogP contribution in [0.15, 0.2) is 28.7 Å². The first-order valence-corrected chi connectivity index (χ1v) is 8.04. The van der Waals surface area contributed by atoms with E-state index in [0.29, 0.717) is 32.1 Å². The molecular weight excluding hydrogens is 348 g/mol. The second-order valence-corrected chi connectivity index (χ2v) is 5.75. The molecule has 0 atom stereocenters. The Morgan fingerprint density at radius 3 is 2.77 bits per heavy atom. The molecule has 0 saturated carbocycles. The number of rotatable bonds is 8. The Balaban J connectivity index is 1.91. The molecule has 0 spiro atoms. The molecule has 2 aromatic rings. The molecule has 6 heteroatoms. The van der Waals surface area contributed by atoms with Gasteiger partial charge in [0.25, 0.3) is 5.91 Å². The number of carbonyl (C=O) groups excluding carboxylic acids is 1. The third-order valence-corrected chi connectivity index (χ3v) is 4.25. The van der Waals surface area contributed by atoms with Crippen LogP contribution >= 0.6 is 15.9 Å². The van der Waals surface area contributed by atoms with Gasteiger partial charge in [0, 0.05) is 38.2 Å². The summed E-state index contributed by atoms with van der Waals surface area (Å²) in [4.78, 5) is 12.4. The number of aromatic nitrogens is 1. The average Bonchev–Trinajstić information content (AvgIpc) is 2.78. The number of halogens is 1. The highest BCUT2D eigenvalue weighted by atomic mass is 79.9. The number of amides is 1. The second kappa shape index (κ2) is 8.31. The van der Waals surface area contributed by atoms with Crippen LogP contribution in [0.5, 0.6) is 0 Å². The number of nitrogens with one attached hydrogen (secondary N) is 1. The maximum atomic E-state index is 12.4. The summed E-state index contributed by atoms with van der Waals surface area (Å²) in [6.45, 7) is 2.37. The summed E-state index contributed by atoms with van der Waals surface area (Å²) in [5.74, 6) is -0.0810. The van der Waals surface area contributed by atoms with E-state index >= 15 is 0 Å². The van der Waals surface area contributed by atoms with Crippen molar-refractivity contribution in [3.63, 3.8) is 0 Å². The summed E-state index contributed by atoms with van der Waals surface area (Å²) in [6, 6.07) is 7.93. The Hall–Kier alpha value is -1.37. The van der Waals surface area contributed by atoms with Crippen molar-refractivity contribution in [3.8, 4) is 0 Å². The molecule has 0 aliphatic rings. The zero-order chi connectivity index (χ0) is 15.9. The number of ether oxygens (including phenoxy) is 2. The standard InChI is InChI=1S/C16H21BrN2O3/c1-19-13-7-4-3-6-12(13)14(17)15(19)16(20)18-8-5-9-22-11-10-21-2/h3-4,6-7H,5,8-11H2,1-2H3,(H,18,20). The van der Waals surface area contributed by atoms with Crippen LogP contribution in [0.3, 0.4) is 0 Å². The van der Waals surface area contributed by atoms with E-state index in [0.717, 1.165) is 21.8 Å². The van der Waals surface area contributed by atoms with Gasteiger partial charge in [-0.05, 0) is 28.4 Å². The Bertz CT molecular complexity index is 601. The number of aryl methyl sites for hydroxylation is 1. The highest BCUT2D eigenvalue weighted by Gasteiger charge is 2.18. The predicted octanol–water partition coefficient (Wildman–Crippen LogP) is 2.72. The molecular formula is C16H21BrN2O3. The predicted molar refractivity (Wildman–Crippen MR) is 90.3 cm³/mol. The van der Waals surface area contributed by atoms with E-state index in [1.54, 1.807) is 7.11 Å². The smallest absolute Gasteiger partial charge is 0.269 e. The summed E-state index contributed by atoms with van der Waals surface area (Å²) in [7, 11) is 3.54. The van der Waals surface area contributed by atoms with E-state index in [1.165, 1.54) is 0 Å². The number of para-hydroxylation sites is 1. The van der Waals surface area contributed by atoms with Gasteiger partial charge in [0.05, 0.1) is 17.7 Å². The number of methoxy groups -OCH3 is 1. The lowest BCUT2D eigenvalue weighted by Crippen LogP contribution is -2.27. The normalized spacial score (nSPS) is 11.0. The SMILES string of the molecule is COCCOCCCNC(=O)c1c(Br)c2ccccc2n1C. The maximum absolute atomic E-state index is 12.4. The van der Waals surface area contributed by atoms with Gasteiger partial charge in [0.2, 0.25) is 0 Å². The van der Waals surface area contributed by atoms with Crippen LogP contribution in [0.25, 0.3) is 10.9 Å². The van der Waals surface area contributed by atoms with E-state index in [9.17, 15) is 4.79 Å². The third-order valence-electron chi connectivity index (χ3n) is 3.44. The fourth-order valence-electron chi connectivity index (χ4n) is 2.30. The lowest BCUT2D eigenvalue weighted by Gasteiger charge is -2.08. The minimum Gasteiger partial charge on any atom is -0.382 e. The van der Waals surface area contributed by atoms with Gasteiger partial charge in [0.15, 0.2) is 0 Å². The van der Waals surface area contributed by atoms with Gasteiger partial charge in [-0.3, -0.25) is 4.79 Å². The number of hydrogen-bond acceptors (Lipinski definition) is 3. The van der Waals surface area contributed by atoms with Gasteiger partial charge in [0.1, 0.15) is 5.69 Å². The first-order chi connectivity index (χ1) is 10.7. The largest absolute Gasteiger partial charge is 0.382 e.